The van der Waals surface area contributed by atoms with Crippen LogP contribution >= 0.6 is 35.4 Å². The number of hydrogen-bond acceptors (Lipinski definition) is 4. The maximum absolute atomic E-state index is 6.28. The highest BCUT2D eigenvalue weighted by Crippen LogP contribution is 2.23. The van der Waals surface area contributed by atoms with Crippen LogP contribution in [0.3, 0.4) is 0 Å². The fourth-order valence-electron chi connectivity index (χ4n) is 2.98. The Hall–Kier alpha value is -2.42. The molecule has 3 aromatic heterocycles. The lowest BCUT2D eigenvalue weighted by Crippen LogP contribution is -2.13. The van der Waals surface area contributed by atoms with E-state index in [1.54, 1.807) is 16.9 Å². The number of benzene rings is 1. The number of rotatable bonds is 5. The van der Waals surface area contributed by atoms with Gasteiger partial charge in [-0.15, -0.1) is 0 Å². The summed E-state index contributed by atoms with van der Waals surface area (Å²) < 4.78 is 6.01. The summed E-state index contributed by atoms with van der Waals surface area (Å²) in [4.78, 5) is 0. The monoisotopic (exact) mass is 433 g/mol. The first-order chi connectivity index (χ1) is 13.4. The lowest BCUT2D eigenvalue weighted by atomic mass is 10.2. The summed E-state index contributed by atoms with van der Waals surface area (Å²) in [5, 5.41) is 17.3. The third-order valence-corrected chi connectivity index (χ3v) is 5.29. The zero-order valence-electron chi connectivity index (χ0n) is 15.2. The standard InChI is InChI=1S/C18H17Cl2N7S/c1-11-6-22-26(8-11)12(2)17-23-24-18(28)27(17)15-7-21-25(10-15)9-13-3-4-14(19)5-16(13)20/h3-8,10,12H,9H2,1-2H3,(H,24,28). The van der Waals surface area contributed by atoms with Crippen molar-refractivity contribution < 1.29 is 0 Å². The highest BCUT2D eigenvalue weighted by molar-refractivity contribution is 7.71. The number of nitrogens with zero attached hydrogens (tertiary/aromatic N) is 6. The van der Waals surface area contributed by atoms with Crippen LogP contribution in [0.4, 0.5) is 0 Å². The van der Waals surface area contributed by atoms with Crippen molar-refractivity contribution in [2.24, 2.45) is 0 Å². The molecular weight excluding hydrogens is 417 g/mol. The normalized spacial score (nSPS) is 12.4. The molecular formula is C18H17Cl2N7S. The third kappa shape index (κ3) is 3.63. The minimum atomic E-state index is -0.101. The minimum Gasteiger partial charge on any atom is -0.267 e. The van der Waals surface area contributed by atoms with Crippen LogP contribution in [0.5, 0.6) is 0 Å². The largest absolute Gasteiger partial charge is 0.267 e. The van der Waals surface area contributed by atoms with Crippen molar-refractivity contribution >= 4 is 35.4 Å². The molecule has 0 fully saturated rings. The Morgan fingerprint density at radius 2 is 2.00 bits per heavy atom. The molecule has 0 aliphatic carbocycles. The van der Waals surface area contributed by atoms with Gasteiger partial charge in [-0.05, 0) is 49.3 Å². The first kappa shape index (κ1) is 18.9. The summed E-state index contributed by atoms with van der Waals surface area (Å²) in [6.45, 7) is 4.54. The Bertz CT molecular complexity index is 1190. The fraction of sp³-hybridized carbons (Fsp3) is 0.222. The summed E-state index contributed by atoms with van der Waals surface area (Å²) in [7, 11) is 0. The summed E-state index contributed by atoms with van der Waals surface area (Å²) in [5.41, 5.74) is 2.83. The Balaban J connectivity index is 1.66. The molecule has 0 aliphatic rings. The molecule has 4 aromatic rings. The van der Waals surface area contributed by atoms with Crippen LogP contribution in [0, 0.1) is 11.7 Å². The average molecular weight is 434 g/mol. The van der Waals surface area contributed by atoms with Crippen LogP contribution in [0.25, 0.3) is 5.69 Å². The van der Waals surface area contributed by atoms with Crippen LogP contribution in [0.2, 0.25) is 10.0 Å². The maximum Gasteiger partial charge on any atom is 0.200 e. The highest BCUT2D eigenvalue weighted by Gasteiger charge is 2.19. The molecule has 144 valence electrons. The van der Waals surface area contributed by atoms with Gasteiger partial charge in [-0.2, -0.15) is 15.3 Å². The SMILES string of the molecule is Cc1cnn(C(C)c2n[nH]c(=S)n2-c2cnn(Cc3ccc(Cl)cc3Cl)c2)c1. The van der Waals surface area contributed by atoms with Crippen molar-refractivity contribution in [3.8, 4) is 5.69 Å². The molecule has 0 bridgehead atoms. The van der Waals surface area contributed by atoms with Crippen molar-refractivity contribution in [1.29, 1.82) is 0 Å². The van der Waals surface area contributed by atoms with Gasteiger partial charge in [0, 0.05) is 22.4 Å². The Labute approximate surface area is 176 Å². The fourth-order valence-corrected chi connectivity index (χ4v) is 3.69. The van der Waals surface area contributed by atoms with Crippen molar-refractivity contribution in [2.45, 2.75) is 26.4 Å². The zero-order valence-corrected chi connectivity index (χ0v) is 17.5. The first-order valence-electron chi connectivity index (χ1n) is 8.57. The topological polar surface area (TPSA) is 69.2 Å². The third-order valence-electron chi connectivity index (χ3n) is 4.42. The smallest absolute Gasteiger partial charge is 0.200 e. The van der Waals surface area contributed by atoms with E-state index in [1.807, 2.05) is 53.8 Å². The second-order valence-corrected chi connectivity index (χ2v) is 7.76. The summed E-state index contributed by atoms with van der Waals surface area (Å²) in [5.74, 6) is 0.747. The Morgan fingerprint density at radius 3 is 2.71 bits per heavy atom. The summed E-state index contributed by atoms with van der Waals surface area (Å²) in [6.07, 6.45) is 7.44. The van der Waals surface area contributed by atoms with Gasteiger partial charge < -0.3 is 0 Å². The van der Waals surface area contributed by atoms with E-state index in [0.29, 0.717) is 21.4 Å². The van der Waals surface area contributed by atoms with Crippen LogP contribution in [-0.4, -0.2) is 34.3 Å². The molecule has 7 nitrogen and oxygen atoms in total. The number of aromatic nitrogens is 7. The van der Waals surface area contributed by atoms with Crippen molar-refractivity contribution in [3.05, 3.63) is 74.8 Å². The molecule has 0 saturated carbocycles. The van der Waals surface area contributed by atoms with Crippen LogP contribution in [0.1, 0.15) is 29.9 Å². The number of hydrogen-bond donors (Lipinski definition) is 1. The molecule has 0 amide bonds. The van der Waals surface area contributed by atoms with Crippen molar-refractivity contribution in [3.63, 3.8) is 0 Å². The van der Waals surface area contributed by atoms with Gasteiger partial charge in [-0.1, -0.05) is 29.3 Å². The molecule has 1 atom stereocenters. The molecule has 10 heteroatoms. The zero-order chi connectivity index (χ0) is 19.8. The molecule has 28 heavy (non-hydrogen) atoms. The van der Waals surface area contributed by atoms with Crippen molar-refractivity contribution in [2.75, 3.05) is 0 Å². The van der Waals surface area contributed by atoms with Gasteiger partial charge in [0.1, 0.15) is 6.04 Å². The quantitative estimate of drug-likeness (QED) is 0.467. The average Bonchev–Trinajstić information content (AvgIpc) is 3.37. The van der Waals surface area contributed by atoms with Gasteiger partial charge in [0.2, 0.25) is 0 Å². The molecule has 1 N–H and O–H groups in total. The predicted molar refractivity (Wildman–Crippen MR) is 111 cm³/mol. The van der Waals surface area contributed by atoms with Gasteiger partial charge >= 0.3 is 0 Å². The maximum atomic E-state index is 6.28. The van der Waals surface area contributed by atoms with Gasteiger partial charge in [-0.3, -0.25) is 19.0 Å². The van der Waals surface area contributed by atoms with E-state index < -0.39 is 0 Å². The molecule has 0 saturated heterocycles. The van der Waals surface area contributed by atoms with E-state index in [4.69, 9.17) is 35.4 Å². The Kier molecular flexibility index (Phi) is 5.09. The summed E-state index contributed by atoms with van der Waals surface area (Å²) in [6, 6.07) is 5.32. The van der Waals surface area contributed by atoms with E-state index in [0.717, 1.165) is 22.6 Å². The van der Waals surface area contributed by atoms with Crippen LogP contribution in [0.15, 0.2) is 43.0 Å². The van der Waals surface area contributed by atoms with Gasteiger partial charge in [0.05, 0.1) is 24.6 Å². The van der Waals surface area contributed by atoms with E-state index in [9.17, 15) is 0 Å². The van der Waals surface area contributed by atoms with Crippen LogP contribution < -0.4 is 0 Å². The van der Waals surface area contributed by atoms with Gasteiger partial charge in [-0.25, -0.2) is 0 Å². The molecule has 0 aliphatic heterocycles. The predicted octanol–water partition coefficient (Wildman–Crippen LogP) is 4.60. The lowest BCUT2D eigenvalue weighted by Gasteiger charge is -2.12. The first-order valence-corrected chi connectivity index (χ1v) is 9.73. The van der Waals surface area contributed by atoms with E-state index in [2.05, 4.69) is 20.4 Å². The van der Waals surface area contributed by atoms with E-state index >= 15 is 0 Å². The number of aryl methyl sites for hydroxylation is 1. The van der Waals surface area contributed by atoms with E-state index in [-0.39, 0.29) is 6.04 Å². The van der Waals surface area contributed by atoms with Crippen LogP contribution in [-0.2, 0) is 6.54 Å². The molecule has 4 rings (SSSR count). The van der Waals surface area contributed by atoms with Crippen molar-refractivity contribution in [1.82, 2.24) is 34.3 Å². The number of nitrogens with one attached hydrogen (secondary N) is 1. The second-order valence-electron chi connectivity index (χ2n) is 6.53. The minimum absolute atomic E-state index is 0.101. The number of aromatic amines is 1. The van der Waals surface area contributed by atoms with Gasteiger partial charge in [0.25, 0.3) is 0 Å². The van der Waals surface area contributed by atoms with Gasteiger partial charge in [0.15, 0.2) is 10.6 Å². The number of H-pyrrole nitrogens is 1. The second kappa shape index (κ2) is 7.54. The highest BCUT2D eigenvalue weighted by atomic mass is 35.5. The number of halogens is 2. The molecule has 0 radical (unpaired) electrons. The molecule has 3 heterocycles. The molecule has 0 spiro atoms. The molecule has 1 aromatic carbocycles. The lowest BCUT2D eigenvalue weighted by molar-refractivity contribution is 0.527. The van der Waals surface area contributed by atoms with E-state index in [1.165, 1.54) is 0 Å². The molecule has 1 unspecified atom stereocenters. The summed E-state index contributed by atoms with van der Waals surface area (Å²) >= 11 is 17.7. The Morgan fingerprint density at radius 1 is 1.18 bits per heavy atom.